The summed E-state index contributed by atoms with van der Waals surface area (Å²) in [6, 6.07) is 0. The van der Waals surface area contributed by atoms with Gasteiger partial charge in [-0.25, -0.2) is 0 Å². The molecule has 0 aliphatic carbocycles. The molecule has 0 aliphatic heterocycles. The van der Waals surface area contributed by atoms with Gasteiger partial charge in [-0.2, -0.15) is 0 Å². The van der Waals surface area contributed by atoms with E-state index in [1.54, 1.807) is 0 Å². The van der Waals surface area contributed by atoms with Gasteiger partial charge in [0.1, 0.15) is 0 Å². The lowest BCUT2D eigenvalue weighted by molar-refractivity contribution is -0.0294. The summed E-state index contributed by atoms with van der Waals surface area (Å²) in [6.45, 7) is 8.06. The first-order chi connectivity index (χ1) is 6.67. The van der Waals surface area contributed by atoms with Gasteiger partial charge in [0.05, 0.1) is 11.3 Å². The quantitative estimate of drug-likeness (QED) is 0.381. The van der Waals surface area contributed by atoms with Gasteiger partial charge in [0.15, 0.2) is 0 Å². The Morgan fingerprint density at radius 1 is 1.20 bits per heavy atom. The molecule has 0 amide bonds. The van der Waals surface area contributed by atoms with Crippen LogP contribution in [0, 0.1) is 0 Å². The highest BCUT2D eigenvalue weighted by Gasteiger charge is 2.36. The zero-order valence-electron chi connectivity index (χ0n) is 10.6. The lowest BCUT2D eigenvalue weighted by Gasteiger charge is -2.32. The lowest BCUT2D eigenvalue weighted by atomic mass is 10.2. The van der Waals surface area contributed by atoms with Gasteiger partial charge >= 0.3 is 0 Å². The molecule has 4 heteroatoms. The number of ether oxygens (including phenoxy) is 1. The summed E-state index contributed by atoms with van der Waals surface area (Å²) in [5.74, 6) is 0. The van der Waals surface area contributed by atoms with Crippen molar-refractivity contribution < 1.29 is 4.74 Å². The number of rotatable bonds is 6. The molecule has 0 aromatic rings. The number of hydrogen-bond acceptors (Lipinski definition) is 1. The first-order valence-corrected chi connectivity index (χ1v) is 10.3. The van der Waals surface area contributed by atoms with Crippen molar-refractivity contribution in [3.63, 3.8) is 0 Å². The smallest absolute Gasteiger partial charge is 0.276 e. The summed E-state index contributed by atoms with van der Waals surface area (Å²) in [4.78, 5) is 0. The normalized spacial score (nSPS) is 15.4. The Morgan fingerprint density at radius 3 is 2.07 bits per heavy atom. The van der Waals surface area contributed by atoms with Gasteiger partial charge in [0, 0.05) is 0 Å². The topological polar surface area (TPSA) is 9.23 Å². The third kappa shape index (κ3) is 8.55. The average Bonchev–Trinajstić information content (AvgIpc) is 1.99. The summed E-state index contributed by atoms with van der Waals surface area (Å²) in [5, 5.41) is 0. The molecule has 0 rings (SSSR count). The van der Waals surface area contributed by atoms with Crippen LogP contribution in [0.2, 0.25) is 6.55 Å². The molecular weight excluding hydrogens is 247 g/mol. The van der Waals surface area contributed by atoms with Crippen LogP contribution in [-0.4, -0.2) is 18.0 Å². The second-order valence-electron chi connectivity index (χ2n) is 5.17. The van der Waals surface area contributed by atoms with E-state index in [1.165, 1.54) is 12.8 Å². The lowest BCUT2D eigenvalue weighted by Crippen LogP contribution is -2.41. The minimum Gasteiger partial charge on any atom is -0.373 e. The molecule has 1 nitrogen and oxygen atoms in total. The predicted molar refractivity (Wildman–Crippen MR) is 72.1 cm³/mol. The molecule has 0 fully saturated rings. The third-order valence-electron chi connectivity index (χ3n) is 2.13. The summed E-state index contributed by atoms with van der Waals surface area (Å²) < 4.78 is 5.95. The van der Waals surface area contributed by atoms with E-state index >= 15 is 0 Å². The highest BCUT2D eigenvalue weighted by Crippen LogP contribution is 2.29. The molecule has 0 N–H and O–H groups in total. The Balaban J connectivity index is 4.21. The Labute approximate surface area is 105 Å². The van der Waals surface area contributed by atoms with Crippen LogP contribution >= 0.6 is 22.2 Å². The fourth-order valence-corrected chi connectivity index (χ4v) is 3.62. The van der Waals surface area contributed by atoms with E-state index < -0.39 is 6.69 Å². The predicted octanol–water partition coefficient (Wildman–Crippen LogP) is 4.84. The Bertz CT molecular complexity index is 172. The average molecular weight is 271 g/mol. The highest BCUT2D eigenvalue weighted by atomic mass is 35.7. The fraction of sp³-hybridized carbons (Fsp3) is 1.00. The number of halogens is 2. The van der Waals surface area contributed by atoms with Gasteiger partial charge in [0.25, 0.3) is 6.69 Å². The van der Waals surface area contributed by atoms with Crippen molar-refractivity contribution in [1.29, 1.82) is 0 Å². The molecule has 1 unspecified atom stereocenters. The molecule has 15 heavy (non-hydrogen) atoms. The molecule has 0 bridgehead atoms. The number of unbranched alkanes of at least 4 members (excludes halogenated alkanes) is 2. The molecule has 0 heterocycles. The van der Waals surface area contributed by atoms with Gasteiger partial charge in [-0.1, -0.05) is 26.2 Å². The van der Waals surface area contributed by atoms with Crippen LogP contribution in [0.1, 0.15) is 53.4 Å². The van der Waals surface area contributed by atoms with E-state index in [1.807, 2.05) is 27.3 Å². The first-order valence-electron chi connectivity index (χ1n) is 5.72. The molecular formula is C11H24Cl2OSi. The van der Waals surface area contributed by atoms with E-state index in [9.17, 15) is 0 Å². The molecule has 92 valence electrons. The van der Waals surface area contributed by atoms with Crippen molar-refractivity contribution in [2.24, 2.45) is 0 Å². The van der Waals surface area contributed by atoms with Crippen LogP contribution in [0.5, 0.6) is 0 Å². The zero-order chi connectivity index (χ0) is 12.1. The van der Waals surface area contributed by atoms with E-state index in [4.69, 9.17) is 26.9 Å². The van der Waals surface area contributed by atoms with Crippen LogP contribution in [0.15, 0.2) is 0 Å². The van der Waals surface area contributed by atoms with Crippen molar-refractivity contribution >= 4 is 28.9 Å². The second-order valence-corrected chi connectivity index (χ2v) is 13.0. The van der Waals surface area contributed by atoms with Crippen LogP contribution < -0.4 is 0 Å². The van der Waals surface area contributed by atoms with E-state index in [0.717, 1.165) is 12.8 Å². The van der Waals surface area contributed by atoms with Crippen molar-refractivity contribution in [2.45, 2.75) is 71.3 Å². The summed E-state index contributed by atoms with van der Waals surface area (Å²) >= 11 is 12.5. The molecule has 0 spiro atoms. The van der Waals surface area contributed by atoms with E-state index in [-0.39, 0.29) is 11.3 Å². The summed E-state index contributed by atoms with van der Waals surface area (Å²) in [5.41, 5.74) is -0.109. The van der Waals surface area contributed by atoms with Crippen molar-refractivity contribution in [1.82, 2.24) is 0 Å². The largest absolute Gasteiger partial charge is 0.373 e. The summed E-state index contributed by atoms with van der Waals surface area (Å²) in [6.07, 6.45) is 4.58. The van der Waals surface area contributed by atoms with Crippen LogP contribution in [0.25, 0.3) is 0 Å². The summed E-state index contributed by atoms with van der Waals surface area (Å²) in [7, 11) is 0. The SMILES string of the molecule is CCCCCC(OC(C)(C)C)[Si](C)(Cl)Cl. The van der Waals surface area contributed by atoms with Gasteiger partial charge in [0.2, 0.25) is 0 Å². The van der Waals surface area contributed by atoms with Crippen LogP contribution in [-0.2, 0) is 4.74 Å². The van der Waals surface area contributed by atoms with Crippen molar-refractivity contribution in [3.05, 3.63) is 0 Å². The minimum absolute atomic E-state index is 0.0485. The molecule has 0 saturated heterocycles. The van der Waals surface area contributed by atoms with Gasteiger partial charge in [-0.3, -0.25) is 0 Å². The second kappa shape index (κ2) is 6.48. The first kappa shape index (κ1) is 15.8. The standard InChI is InChI=1S/C11H24Cl2OSi/c1-6-7-8-9-10(15(5,12)13)14-11(2,3)4/h10H,6-9H2,1-5H3. The van der Waals surface area contributed by atoms with Gasteiger partial charge in [-0.05, 0) is 33.7 Å². The molecule has 0 aromatic heterocycles. The highest BCUT2D eigenvalue weighted by molar-refractivity contribution is 7.45. The molecule has 1 atom stereocenters. The monoisotopic (exact) mass is 270 g/mol. The van der Waals surface area contributed by atoms with E-state index in [2.05, 4.69) is 6.92 Å². The molecule has 0 aromatic carbocycles. The minimum atomic E-state index is -2.22. The molecule has 0 aliphatic rings. The Kier molecular flexibility index (Phi) is 6.81. The van der Waals surface area contributed by atoms with Crippen molar-refractivity contribution in [2.75, 3.05) is 0 Å². The fourth-order valence-electron chi connectivity index (χ4n) is 1.42. The van der Waals surface area contributed by atoms with Gasteiger partial charge in [-0.15, -0.1) is 22.2 Å². The maximum atomic E-state index is 6.26. The van der Waals surface area contributed by atoms with Crippen molar-refractivity contribution in [3.8, 4) is 0 Å². The Morgan fingerprint density at radius 2 is 1.73 bits per heavy atom. The zero-order valence-corrected chi connectivity index (χ0v) is 13.1. The van der Waals surface area contributed by atoms with Crippen LogP contribution in [0.3, 0.4) is 0 Å². The van der Waals surface area contributed by atoms with Gasteiger partial charge < -0.3 is 4.74 Å². The Hall–Kier alpha value is 0.757. The maximum Gasteiger partial charge on any atom is 0.276 e. The maximum absolute atomic E-state index is 6.26. The number of hydrogen-bond donors (Lipinski definition) is 0. The van der Waals surface area contributed by atoms with Crippen LogP contribution in [0.4, 0.5) is 0 Å². The molecule has 0 saturated carbocycles. The molecule has 0 radical (unpaired) electrons. The third-order valence-corrected chi connectivity index (χ3v) is 5.13. The van der Waals surface area contributed by atoms with E-state index in [0.29, 0.717) is 0 Å².